The second kappa shape index (κ2) is 7.84. The smallest absolute Gasteiger partial charge is 0.264 e. The van der Waals surface area contributed by atoms with Crippen molar-refractivity contribution >= 4 is 26.4 Å². The third-order valence-corrected chi connectivity index (χ3v) is 7.89. The van der Waals surface area contributed by atoms with E-state index < -0.39 is 10.0 Å². The lowest BCUT2D eigenvalue weighted by atomic mass is 9.84. The van der Waals surface area contributed by atoms with Crippen LogP contribution in [-0.4, -0.2) is 25.3 Å². The predicted octanol–water partition coefficient (Wildman–Crippen LogP) is 4.72. The van der Waals surface area contributed by atoms with Crippen molar-refractivity contribution in [1.29, 1.82) is 0 Å². The van der Waals surface area contributed by atoms with Crippen LogP contribution in [0.15, 0.2) is 108 Å². The molecule has 0 spiro atoms. The number of hydrogen-bond donors (Lipinski definition) is 1. The van der Waals surface area contributed by atoms with E-state index in [1.807, 2.05) is 48.5 Å². The number of allylic oxidation sites excluding steroid dienone is 3. The lowest BCUT2D eigenvalue weighted by Crippen LogP contribution is -2.32. The zero-order chi connectivity index (χ0) is 21.4. The highest BCUT2D eigenvalue weighted by Crippen LogP contribution is 2.34. The maximum absolute atomic E-state index is 13.7. The molecule has 0 saturated carbocycles. The van der Waals surface area contributed by atoms with E-state index >= 15 is 0 Å². The standard InChI is InChI=1S/C26H24N2O2S/c27-25-15-16-28(31(29,30)26-12-6-10-20-9-4-5-11-24(20)26)18-22-17-21(13-14-23(22)25)19-7-2-1-3-8-19/h1-14,17-18,23,25H,15-16,27H2. The number of hydrogen-bond acceptors (Lipinski definition) is 3. The Kier molecular flexibility index (Phi) is 5.00. The number of rotatable bonds is 3. The quantitative estimate of drug-likeness (QED) is 0.657. The second-order valence-corrected chi connectivity index (χ2v) is 9.88. The Bertz CT molecular complexity index is 1320. The summed E-state index contributed by atoms with van der Waals surface area (Å²) >= 11 is 0. The van der Waals surface area contributed by atoms with Crippen LogP contribution in [0.3, 0.4) is 0 Å². The normalized spacial score (nSPS) is 21.3. The summed E-state index contributed by atoms with van der Waals surface area (Å²) in [4.78, 5) is 0.327. The molecular weight excluding hydrogens is 404 g/mol. The molecule has 156 valence electrons. The topological polar surface area (TPSA) is 63.4 Å². The van der Waals surface area contributed by atoms with Gasteiger partial charge in [0.15, 0.2) is 0 Å². The van der Waals surface area contributed by atoms with Crippen LogP contribution in [0.5, 0.6) is 0 Å². The van der Waals surface area contributed by atoms with Gasteiger partial charge in [-0.3, -0.25) is 4.31 Å². The summed E-state index contributed by atoms with van der Waals surface area (Å²) < 4.78 is 28.9. The first kappa shape index (κ1) is 19.8. The van der Waals surface area contributed by atoms with Crippen LogP contribution in [0, 0.1) is 5.92 Å². The first-order valence-corrected chi connectivity index (χ1v) is 11.9. The molecule has 2 N–H and O–H groups in total. The third kappa shape index (κ3) is 3.60. The molecule has 2 atom stereocenters. The van der Waals surface area contributed by atoms with E-state index in [1.54, 1.807) is 18.3 Å². The molecule has 31 heavy (non-hydrogen) atoms. The number of nitrogens with two attached hydrogens (primary N) is 1. The van der Waals surface area contributed by atoms with E-state index in [2.05, 4.69) is 30.4 Å². The molecule has 0 aromatic heterocycles. The minimum absolute atomic E-state index is 0.000166. The van der Waals surface area contributed by atoms with Gasteiger partial charge in [-0.15, -0.1) is 0 Å². The number of nitrogens with zero attached hydrogens (tertiary/aromatic N) is 1. The lowest BCUT2D eigenvalue weighted by molar-refractivity contribution is 0.465. The van der Waals surface area contributed by atoms with E-state index in [4.69, 9.17) is 5.73 Å². The highest BCUT2D eigenvalue weighted by molar-refractivity contribution is 7.89. The van der Waals surface area contributed by atoms with Gasteiger partial charge in [0.25, 0.3) is 10.0 Å². The monoisotopic (exact) mass is 428 g/mol. The molecule has 0 amide bonds. The van der Waals surface area contributed by atoms with Gasteiger partial charge in [0.1, 0.15) is 0 Å². The van der Waals surface area contributed by atoms with E-state index in [1.165, 1.54) is 4.31 Å². The lowest BCUT2D eigenvalue weighted by Gasteiger charge is -2.23. The summed E-state index contributed by atoms with van der Waals surface area (Å²) in [7, 11) is -3.72. The molecule has 2 aliphatic rings. The molecule has 5 rings (SSSR count). The first-order valence-electron chi connectivity index (χ1n) is 10.5. The van der Waals surface area contributed by atoms with Crippen LogP contribution >= 0.6 is 0 Å². The molecule has 4 nitrogen and oxygen atoms in total. The average molecular weight is 429 g/mol. The molecular formula is C26H24N2O2S. The van der Waals surface area contributed by atoms with Crippen LogP contribution in [-0.2, 0) is 10.0 Å². The van der Waals surface area contributed by atoms with Gasteiger partial charge in [-0.2, -0.15) is 0 Å². The van der Waals surface area contributed by atoms with Crippen molar-refractivity contribution in [1.82, 2.24) is 4.31 Å². The second-order valence-electron chi connectivity index (χ2n) is 8.03. The summed E-state index contributed by atoms with van der Waals surface area (Å²) in [5, 5.41) is 1.64. The van der Waals surface area contributed by atoms with Gasteiger partial charge in [-0.05, 0) is 40.7 Å². The molecule has 3 aromatic rings. The highest BCUT2D eigenvalue weighted by atomic mass is 32.2. The Morgan fingerprint density at radius 2 is 1.65 bits per heavy atom. The van der Waals surface area contributed by atoms with Gasteiger partial charge in [0, 0.05) is 30.1 Å². The summed E-state index contributed by atoms with van der Waals surface area (Å²) in [5.74, 6) is 0.000166. The Morgan fingerprint density at radius 1 is 0.903 bits per heavy atom. The molecule has 1 heterocycles. The predicted molar refractivity (Wildman–Crippen MR) is 126 cm³/mol. The van der Waals surface area contributed by atoms with Gasteiger partial charge in [-0.25, -0.2) is 8.42 Å². The van der Waals surface area contributed by atoms with Crippen LogP contribution < -0.4 is 5.73 Å². The molecule has 0 fully saturated rings. The Balaban J connectivity index is 1.60. The van der Waals surface area contributed by atoms with Crippen molar-refractivity contribution in [2.45, 2.75) is 17.4 Å². The fourth-order valence-electron chi connectivity index (χ4n) is 4.39. The molecule has 2 unspecified atom stereocenters. The van der Waals surface area contributed by atoms with Gasteiger partial charge in [0.05, 0.1) is 4.90 Å². The van der Waals surface area contributed by atoms with Crippen molar-refractivity contribution in [3.05, 3.63) is 108 Å². The van der Waals surface area contributed by atoms with Crippen molar-refractivity contribution in [3.8, 4) is 0 Å². The van der Waals surface area contributed by atoms with Crippen LogP contribution in [0.4, 0.5) is 0 Å². The Morgan fingerprint density at radius 3 is 2.48 bits per heavy atom. The van der Waals surface area contributed by atoms with Crippen LogP contribution in [0.1, 0.15) is 12.0 Å². The third-order valence-electron chi connectivity index (χ3n) is 6.07. The molecule has 1 aliphatic carbocycles. The first-order chi connectivity index (χ1) is 15.0. The zero-order valence-electron chi connectivity index (χ0n) is 17.1. The van der Waals surface area contributed by atoms with E-state index in [0.717, 1.165) is 27.5 Å². The highest BCUT2D eigenvalue weighted by Gasteiger charge is 2.31. The van der Waals surface area contributed by atoms with Crippen molar-refractivity contribution in [3.63, 3.8) is 0 Å². The SMILES string of the molecule is NC1CCN(S(=O)(=O)c2cccc3ccccc23)C=C2C=C(c3ccccc3)C=CC21. The van der Waals surface area contributed by atoms with Crippen LogP contribution in [0.25, 0.3) is 16.3 Å². The summed E-state index contributed by atoms with van der Waals surface area (Å²) in [6, 6.07) is 23.0. The molecule has 0 saturated heterocycles. The number of sulfonamides is 1. The van der Waals surface area contributed by atoms with Crippen LogP contribution in [0.2, 0.25) is 0 Å². The fraction of sp³-hybridized carbons (Fsp3) is 0.154. The van der Waals surface area contributed by atoms with Crippen molar-refractivity contribution in [2.75, 3.05) is 6.54 Å². The molecule has 1 aliphatic heterocycles. The van der Waals surface area contributed by atoms with E-state index in [-0.39, 0.29) is 12.0 Å². The van der Waals surface area contributed by atoms with Crippen molar-refractivity contribution in [2.24, 2.45) is 11.7 Å². The zero-order valence-corrected chi connectivity index (χ0v) is 17.9. The van der Waals surface area contributed by atoms with Crippen molar-refractivity contribution < 1.29 is 8.42 Å². The Hall–Kier alpha value is -3.15. The number of fused-ring (bicyclic) bond motifs is 2. The van der Waals surface area contributed by atoms with Gasteiger partial charge < -0.3 is 5.73 Å². The number of benzene rings is 3. The summed E-state index contributed by atoms with van der Waals surface area (Å²) in [5.41, 5.74) is 9.54. The molecule has 3 aromatic carbocycles. The maximum Gasteiger partial charge on any atom is 0.264 e. The fourth-order valence-corrected chi connectivity index (χ4v) is 5.96. The summed E-state index contributed by atoms with van der Waals surface area (Å²) in [6.45, 7) is 0.356. The molecule has 0 bridgehead atoms. The van der Waals surface area contributed by atoms with Gasteiger partial charge >= 0.3 is 0 Å². The average Bonchev–Trinajstić information content (AvgIpc) is 2.98. The minimum atomic E-state index is -3.72. The van der Waals surface area contributed by atoms with E-state index in [9.17, 15) is 8.42 Å². The van der Waals surface area contributed by atoms with Gasteiger partial charge in [0.2, 0.25) is 0 Å². The maximum atomic E-state index is 13.7. The Labute approximate surface area is 183 Å². The largest absolute Gasteiger partial charge is 0.327 e. The summed E-state index contributed by atoms with van der Waals surface area (Å²) in [6.07, 6.45) is 8.63. The molecule has 0 radical (unpaired) electrons. The van der Waals surface area contributed by atoms with Gasteiger partial charge in [-0.1, -0.05) is 78.9 Å². The molecule has 5 heteroatoms. The van der Waals surface area contributed by atoms with E-state index in [0.29, 0.717) is 17.9 Å². The minimum Gasteiger partial charge on any atom is -0.327 e.